The van der Waals surface area contributed by atoms with Gasteiger partial charge < -0.3 is 0 Å². The van der Waals surface area contributed by atoms with Crippen LogP contribution in [0.25, 0.3) is 21.3 Å². The monoisotopic (exact) mass is 302 g/mol. The fourth-order valence-electron chi connectivity index (χ4n) is 2.56. The summed E-state index contributed by atoms with van der Waals surface area (Å²) in [6.07, 6.45) is 0.772. The summed E-state index contributed by atoms with van der Waals surface area (Å²) in [5.74, 6) is 0.888. The van der Waals surface area contributed by atoms with E-state index < -0.39 is 0 Å². The smallest absolute Gasteiger partial charge is 0.147 e. The van der Waals surface area contributed by atoms with Crippen LogP contribution in [0.2, 0.25) is 0 Å². The second-order valence-corrected chi connectivity index (χ2v) is 5.99. The van der Waals surface area contributed by atoms with Gasteiger partial charge >= 0.3 is 0 Å². The molecule has 0 saturated heterocycles. The zero-order valence-corrected chi connectivity index (χ0v) is 12.8. The molecule has 0 radical (unpaired) electrons. The molecule has 2 nitrogen and oxygen atoms in total. The van der Waals surface area contributed by atoms with Gasteiger partial charge in [0.25, 0.3) is 0 Å². The Bertz CT molecular complexity index is 913. The van der Waals surface area contributed by atoms with E-state index >= 15 is 0 Å². The van der Waals surface area contributed by atoms with Crippen LogP contribution in [0, 0.1) is 0 Å². The first-order valence-corrected chi connectivity index (χ1v) is 8.01. The number of aromatic nitrogens is 2. The number of nitrogens with zero attached hydrogens (tertiary/aromatic N) is 2. The summed E-state index contributed by atoms with van der Waals surface area (Å²) in [5.41, 5.74) is 2.38. The highest BCUT2D eigenvalue weighted by Gasteiger charge is 2.07. The highest BCUT2D eigenvalue weighted by atomic mass is 32.1. The molecule has 0 fully saturated rings. The van der Waals surface area contributed by atoms with Crippen molar-refractivity contribution in [2.45, 2.75) is 6.42 Å². The summed E-state index contributed by atoms with van der Waals surface area (Å²) < 4.78 is 4.50. The third-order valence-corrected chi connectivity index (χ3v) is 4.47. The molecule has 3 aromatic carbocycles. The number of fused-ring (bicyclic) bond motifs is 1. The van der Waals surface area contributed by atoms with Gasteiger partial charge in [-0.2, -0.15) is 4.37 Å². The van der Waals surface area contributed by atoms with Crippen molar-refractivity contribution >= 4 is 22.3 Å². The lowest BCUT2D eigenvalue weighted by molar-refractivity contribution is 1.04. The van der Waals surface area contributed by atoms with Crippen LogP contribution in [-0.2, 0) is 6.42 Å². The molecule has 1 aromatic heterocycles. The van der Waals surface area contributed by atoms with Crippen molar-refractivity contribution in [3.05, 3.63) is 84.2 Å². The van der Waals surface area contributed by atoms with Crippen LogP contribution in [0.3, 0.4) is 0 Å². The molecule has 0 aliphatic heterocycles. The molecule has 0 unspecified atom stereocenters. The van der Waals surface area contributed by atoms with Crippen LogP contribution in [-0.4, -0.2) is 9.36 Å². The van der Waals surface area contributed by atoms with Crippen molar-refractivity contribution in [2.75, 3.05) is 0 Å². The number of hydrogen-bond donors (Lipinski definition) is 0. The van der Waals surface area contributed by atoms with Gasteiger partial charge in [0.05, 0.1) is 0 Å². The van der Waals surface area contributed by atoms with Gasteiger partial charge in [-0.15, -0.1) is 0 Å². The molecule has 0 amide bonds. The van der Waals surface area contributed by atoms with Gasteiger partial charge in [0, 0.05) is 12.0 Å². The Morgan fingerprint density at radius 1 is 0.773 bits per heavy atom. The molecular formula is C19H14N2S. The molecular weight excluding hydrogens is 288 g/mol. The van der Waals surface area contributed by atoms with Gasteiger partial charge in [-0.05, 0) is 27.9 Å². The average molecular weight is 302 g/mol. The predicted molar refractivity (Wildman–Crippen MR) is 92.1 cm³/mol. The number of hydrogen-bond acceptors (Lipinski definition) is 3. The molecule has 0 aliphatic carbocycles. The molecule has 4 rings (SSSR count). The largest absolute Gasteiger partial charge is 0.219 e. The van der Waals surface area contributed by atoms with E-state index in [4.69, 9.17) is 0 Å². The average Bonchev–Trinajstić information content (AvgIpc) is 3.04. The van der Waals surface area contributed by atoms with Gasteiger partial charge in [-0.25, -0.2) is 4.98 Å². The first-order valence-electron chi connectivity index (χ1n) is 7.24. The molecule has 0 saturated carbocycles. The molecule has 3 heteroatoms. The highest BCUT2D eigenvalue weighted by molar-refractivity contribution is 7.09. The lowest BCUT2D eigenvalue weighted by Crippen LogP contribution is -1.91. The maximum Gasteiger partial charge on any atom is 0.147 e. The Hall–Kier alpha value is -2.52. The predicted octanol–water partition coefficient (Wildman–Crippen LogP) is 4.95. The standard InChI is InChI=1S/C19H14N2S/c1-2-7-16(8-3-1)19-20-18(21-22-19)13-14-10-11-15-6-4-5-9-17(15)12-14/h1-12H,13H2. The van der Waals surface area contributed by atoms with E-state index in [0.717, 1.165) is 22.8 Å². The topological polar surface area (TPSA) is 25.8 Å². The molecule has 0 N–H and O–H groups in total. The van der Waals surface area contributed by atoms with E-state index in [2.05, 4.69) is 64.0 Å². The number of rotatable bonds is 3. The van der Waals surface area contributed by atoms with E-state index in [9.17, 15) is 0 Å². The Morgan fingerprint density at radius 3 is 2.41 bits per heavy atom. The van der Waals surface area contributed by atoms with Gasteiger partial charge in [0.2, 0.25) is 0 Å². The lowest BCUT2D eigenvalue weighted by Gasteiger charge is -2.01. The van der Waals surface area contributed by atoms with E-state index in [0.29, 0.717) is 0 Å². The fraction of sp³-hybridized carbons (Fsp3) is 0.0526. The maximum atomic E-state index is 4.66. The molecule has 106 valence electrons. The van der Waals surface area contributed by atoms with Crippen molar-refractivity contribution in [1.29, 1.82) is 0 Å². The number of benzene rings is 3. The summed E-state index contributed by atoms with van der Waals surface area (Å²) in [6.45, 7) is 0. The molecule has 1 heterocycles. The normalized spacial score (nSPS) is 10.9. The van der Waals surface area contributed by atoms with Crippen molar-refractivity contribution in [1.82, 2.24) is 9.36 Å². The summed E-state index contributed by atoms with van der Waals surface area (Å²) in [4.78, 5) is 4.66. The van der Waals surface area contributed by atoms with Crippen LogP contribution in [0.15, 0.2) is 72.8 Å². The molecule has 4 aromatic rings. The first kappa shape index (κ1) is 13.2. The lowest BCUT2D eigenvalue weighted by atomic mass is 10.1. The van der Waals surface area contributed by atoms with Crippen LogP contribution in [0.1, 0.15) is 11.4 Å². The van der Waals surface area contributed by atoms with Crippen molar-refractivity contribution in [2.24, 2.45) is 0 Å². The van der Waals surface area contributed by atoms with Gasteiger partial charge in [-0.3, -0.25) is 0 Å². The fourth-order valence-corrected chi connectivity index (χ4v) is 3.24. The van der Waals surface area contributed by atoms with Crippen LogP contribution < -0.4 is 0 Å². The minimum absolute atomic E-state index is 0.772. The van der Waals surface area contributed by atoms with E-state index in [-0.39, 0.29) is 0 Å². The second kappa shape index (κ2) is 5.70. The minimum atomic E-state index is 0.772. The summed E-state index contributed by atoms with van der Waals surface area (Å²) >= 11 is 1.46. The maximum absolute atomic E-state index is 4.66. The molecule has 0 atom stereocenters. The quantitative estimate of drug-likeness (QED) is 0.535. The zero-order chi connectivity index (χ0) is 14.8. The van der Waals surface area contributed by atoms with Gasteiger partial charge in [0.15, 0.2) is 0 Å². The summed E-state index contributed by atoms with van der Waals surface area (Å²) in [6, 6.07) is 25.2. The summed E-state index contributed by atoms with van der Waals surface area (Å²) in [7, 11) is 0. The first-order chi connectivity index (χ1) is 10.9. The van der Waals surface area contributed by atoms with Crippen LogP contribution in [0.4, 0.5) is 0 Å². The second-order valence-electron chi connectivity index (χ2n) is 5.24. The molecule has 22 heavy (non-hydrogen) atoms. The van der Waals surface area contributed by atoms with Crippen molar-refractivity contribution in [3.63, 3.8) is 0 Å². The SMILES string of the molecule is c1ccc(-c2nc(Cc3ccc4ccccc4c3)ns2)cc1. The Balaban J connectivity index is 1.61. The Kier molecular flexibility index (Phi) is 3.41. The van der Waals surface area contributed by atoms with Crippen LogP contribution >= 0.6 is 11.5 Å². The van der Waals surface area contributed by atoms with Gasteiger partial charge in [-0.1, -0.05) is 72.8 Å². The Morgan fingerprint density at radius 2 is 1.55 bits per heavy atom. The van der Waals surface area contributed by atoms with Crippen molar-refractivity contribution in [3.8, 4) is 10.6 Å². The Labute approximate surface area is 133 Å². The molecule has 0 aliphatic rings. The van der Waals surface area contributed by atoms with E-state index in [1.165, 1.54) is 27.9 Å². The third-order valence-electron chi connectivity index (χ3n) is 3.66. The van der Waals surface area contributed by atoms with E-state index in [1.807, 2.05) is 18.2 Å². The molecule has 0 bridgehead atoms. The zero-order valence-electron chi connectivity index (χ0n) is 11.9. The third kappa shape index (κ3) is 2.63. The summed E-state index contributed by atoms with van der Waals surface area (Å²) in [5, 5.41) is 3.51. The minimum Gasteiger partial charge on any atom is -0.219 e. The highest BCUT2D eigenvalue weighted by Crippen LogP contribution is 2.23. The van der Waals surface area contributed by atoms with Gasteiger partial charge in [0.1, 0.15) is 10.8 Å². The van der Waals surface area contributed by atoms with Crippen LogP contribution in [0.5, 0.6) is 0 Å². The van der Waals surface area contributed by atoms with Crippen molar-refractivity contribution < 1.29 is 0 Å². The molecule has 0 spiro atoms. The van der Waals surface area contributed by atoms with E-state index in [1.54, 1.807) is 0 Å².